The molecule has 0 spiro atoms. The molecule has 0 nitrogen and oxygen atoms in total. The van der Waals surface area contributed by atoms with E-state index < -0.39 is 0 Å². The van der Waals surface area contributed by atoms with E-state index in [4.69, 9.17) is 0 Å². The SMILES string of the molecule is CC1=CCC=C(C)C1.CC1=CCCC=C1C.CC1C=CC=CC1C. The van der Waals surface area contributed by atoms with Crippen molar-refractivity contribution in [3.63, 3.8) is 0 Å². The molecule has 2 atom stereocenters. The molecular weight excluding hydrogens is 288 g/mol. The predicted molar refractivity (Wildman–Crippen MR) is 110 cm³/mol. The maximum Gasteiger partial charge on any atom is -0.0114 e. The summed E-state index contributed by atoms with van der Waals surface area (Å²) in [6, 6.07) is 0. The van der Waals surface area contributed by atoms with Gasteiger partial charge in [0.1, 0.15) is 0 Å². The van der Waals surface area contributed by atoms with E-state index >= 15 is 0 Å². The zero-order chi connectivity index (χ0) is 17.9. The van der Waals surface area contributed by atoms with Crippen LogP contribution in [0.2, 0.25) is 0 Å². The Labute approximate surface area is 150 Å². The van der Waals surface area contributed by atoms with E-state index in [2.05, 4.69) is 90.2 Å². The van der Waals surface area contributed by atoms with Crippen molar-refractivity contribution in [2.45, 2.75) is 67.2 Å². The number of rotatable bonds is 0. The third-order valence-corrected chi connectivity index (χ3v) is 4.95. The monoisotopic (exact) mass is 324 g/mol. The van der Waals surface area contributed by atoms with Crippen LogP contribution in [0.3, 0.4) is 0 Å². The molecule has 0 fully saturated rings. The Bertz CT molecular complexity index is 511. The van der Waals surface area contributed by atoms with Gasteiger partial charge < -0.3 is 0 Å². The summed E-state index contributed by atoms with van der Waals surface area (Å²) in [4.78, 5) is 0. The average molecular weight is 325 g/mol. The highest BCUT2D eigenvalue weighted by Crippen LogP contribution is 2.17. The largest absolute Gasteiger partial charge is 0.0815 e. The first-order valence-corrected chi connectivity index (χ1v) is 9.40. The van der Waals surface area contributed by atoms with E-state index in [-0.39, 0.29) is 0 Å². The van der Waals surface area contributed by atoms with Gasteiger partial charge in [-0.1, -0.05) is 84.7 Å². The van der Waals surface area contributed by atoms with E-state index in [1.807, 2.05) is 0 Å². The van der Waals surface area contributed by atoms with Crippen molar-refractivity contribution in [2.75, 3.05) is 0 Å². The molecule has 0 amide bonds. The highest BCUT2D eigenvalue weighted by Gasteiger charge is 2.05. The Morgan fingerprint density at radius 1 is 0.667 bits per heavy atom. The van der Waals surface area contributed by atoms with Gasteiger partial charge in [-0.05, 0) is 65.2 Å². The predicted octanol–water partition coefficient (Wildman–Crippen LogP) is 7.73. The van der Waals surface area contributed by atoms with Gasteiger partial charge in [0, 0.05) is 0 Å². The van der Waals surface area contributed by atoms with Crippen LogP contribution >= 0.6 is 0 Å². The van der Waals surface area contributed by atoms with Gasteiger partial charge in [0.15, 0.2) is 0 Å². The number of allylic oxidation sites excluding steroid dienone is 12. The van der Waals surface area contributed by atoms with Crippen molar-refractivity contribution in [1.82, 2.24) is 0 Å². The van der Waals surface area contributed by atoms with Crippen LogP contribution in [0.5, 0.6) is 0 Å². The minimum Gasteiger partial charge on any atom is -0.0815 e. The van der Waals surface area contributed by atoms with Gasteiger partial charge in [0.2, 0.25) is 0 Å². The lowest BCUT2D eigenvalue weighted by molar-refractivity contribution is 0.552. The van der Waals surface area contributed by atoms with E-state index in [1.54, 1.807) is 0 Å². The molecule has 3 rings (SSSR count). The molecule has 0 aromatic heterocycles. The molecule has 0 aromatic carbocycles. The van der Waals surface area contributed by atoms with Crippen molar-refractivity contribution in [3.05, 3.63) is 70.9 Å². The first-order valence-electron chi connectivity index (χ1n) is 9.40. The van der Waals surface area contributed by atoms with Gasteiger partial charge >= 0.3 is 0 Å². The van der Waals surface area contributed by atoms with Crippen LogP contribution in [0.15, 0.2) is 70.9 Å². The molecule has 0 heterocycles. The maximum absolute atomic E-state index is 2.30. The molecule has 24 heavy (non-hydrogen) atoms. The van der Waals surface area contributed by atoms with Crippen LogP contribution in [0.4, 0.5) is 0 Å². The topological polar surface area (TPSA) is 0 Å². The molecule has 0 heteroatoms. The summed E-state index contributed by atoms with van der Waals surface area (Å²) in [5, 5.41) is 0. The van der Waals surface area contributed by atoms with E-state index in [0.29, 0.717) is 0 Å². The third kappa shape index (κ3) is 8.34. The lowest BCUT2D eigenvalue weighted by Gasteiger charge is -2.13. The van der Waals surface area contributed by atoms with Crippen LogP contribution < -0.4 is 0 Å². The second-order valence-electron chi connectivity index (χ2n) is 7.35. The fourth-order valence-corrected chi connectivity index (χ4v) is 2.80. The molecule has 0 saturated heterocycles. The van der Waals surface area contributed by atoms with Crippen molar-refractivity contribution in [1.29, 1.82) is 0 Å². The lowest BCUT2D eigenvalue weighted by Crippen LogP contribution is -2.03. The zero-order valence-corrected chi connectivity index (χ0v) is 16.6. The van der Waals surface area contributed by atoms with Gasteiger partial charge in [0.05, 0.1) is 0 Å². The molecular formula is C24H36. The molecule has 132 valence electrons. The molecule has 3 aliphatic rings. The molecule has 0 aliphatic heterocycles. The molecule has 2 unspecified atom stereocenters. The van der Waals surface area contributed by atoms with Crippen LogP contribution in [0, 0.1) is 11.8 Å². The first-order chi connectivity index (χ1) is 11.4. The number of hydrogen-bond acceptors (Lipinski definition) is 0. The summed E-state index contributed by atoms with van der Waals surface area (Å²) in [5.74, 6) is 1.47. The molecule has 0 bridgehead atoms. The van der Waals surface area contributed by atoms with E-state index in [9.17, 15) is 0 Å². The Hall–Kier alpha value is -1.56. The Balaban J connectivity index is 0.000000180. The van der Waals surface area contributed by atoms with E-state index in [1.165, 1.54) is 41.6 Å². The third-order valence-electron chi connectivity index (χ3n) is 4.95. The Kier molecular flexibility index (Phi) is 9.45. The van der Waals surface area contributed by atoms with Crippen LogP contribution in [0.1, 0.15) is 67.2 Å². The van der Waals surface area contributed by atoms with Crippen molar-refractivity contribution < 1.29 is 0 Å². The second kappa shape index (κ2) is 11.1. The summed E-state index contributed by atoms with van der Waals surface area (Å²) >= 11 is 0. The lowest BCUT2D eigenvalue weighted by atomic mass is 9.92. The average Bonchev–Trinajstić information content (AvgIpc) is 2.54. The normalized spacial score (nSPS) is 25.1. The quantitative estimate of drug-likeness (QED) is 0.400. The molecule has 0 radical (unpaired) electrons. The molecule has 3 aliphatic carbocycles. The van der Waals surface area contributed by atoms with Crippen molar-refractivity contribution >= 4 is 0 Å². The molecule has 0 saturated carbocycles. The highest BCUT2D eigenvalue weighted by atomic mass is 14.1. The van der Waals surface area contributed by atoms with Gasteiger partial charge in [-0.2, -0.15) is 0 Å². The fourth-order valence-electron chi connectivity index (χ4n) is 2.80. The summed E-state index contributed by atoms with van der Waals surface area (Å²) in [6.45, 7) is 13.2. The van der Waals surface area contributed by atoms with Crippen LogP contribution in [-0.2, 0) is 0 Å². The summed E-state index contributed by atoms with van der Waals surface area (Å²) in [6.07, 6.45) is 22.7. The zero-order valence-electron chi connectivity index (χ0n) is 16.6. The van der Waals surface area contributed by atoms with Crippen LogP contribution in [0.25, 0.3) is 0 Å². The molecule has 0 aromatic rings. The first kappa shape index (κ1) is 20.5. The smallest absolute Gasteiger partial charge is 0.0114 e. The van der Waals surface area contributed by atoms with E-state index in [0.717, 1.165) is 18.3 Å². The van der Waals surface area contributed by atoms with Gasteiger partial charge in [-0.3, -0.25) is 0 Å². The second-order valence-corrected chi connectivity index (χ2v) is 7.35. The van der Waals surface area contributed by atoms with Gasteiger partial charge in [-0.25, -0.2) is 0 Å². The number of hydrogen-bond donors (Lipinski definition) is 0. The molecule has 0 N–H and O–H groups in total. The standard InChI is InChI=1S/3C8H12/c1-7-4-3-5-8(2)6-7;2*1-7-5-3-4-6-8(7)2/h4-5H,3,6H2,1-2H3;5-6H,3-4H2,1-2H3;3-8H,1-2H3. The summed E-state index contributed by atoms with van der Waals surface area (Å²) in [5.41, 5.74) is 5.95. The Morgan fingerprint density at radius 3 is 1.33 bits per heavy atom. The fraction of sp³-hybridized carbons (Fsp3) is 0.500. The highest BCUT2D eigenvalue weighted by molar-refractivity contribution is 5.29. The minimum atomic E-state index is 0.736. The van der Waals surface area contributed by atoms with Crippen molar-refractivity contribution in [2.24, 2.45) is 11.8 Å². The maximum atomic E-state index is 2.30. The van der Waals surface area contributed by atoms with Gasteiger partial charge in [0.25, 0.3) is 0 Å². The Morgan fingerprint density at radius 2 is 1.08 bits per heavy atom. The van der Waals surface area contributed by atoms with Crippen LogP contribution in [-0.4, -0.2) is 0 Å². The minimum absolute atomic E-state index is 0.736. The summed E-state index contributed by atoms with van der Waals surface area (Å²) < 4.78 is 0. The summed E-state index contributed by atoms with van der Waals surface area (Å²) in [7, 11) is 0. The van der Waals surface area contributed by atoms with Gasteiger partial charge in [-0.15, -0.1) is 0 Å². The van der Waals surface area contributed by atoms with Crippen molar-refractivity contribution in [3.8, 4) is 0 Å².